The molecule has 2 bridgehead atoms. The Hall–Kier alpha value is -0.830. The fourth-order valence-electron chi connectivity index (χ4n) is 2.63. The minimum Gasteiger partial charge on any atom is -0.469 e. The zero-order valence-electron chi connectivity index (χ0n) is 9.29. The standard InChI is InChI=1S/C12H19NO2/c1-15-12(14)6-5-9-7-10-3-2-4-11(8-9)13-10/h5,10-11,13H,2-4,6-8H2,1H3. The van der Waals surface area contributed by atoms with E-state index in [9.17, 15) is 4.79 Å². The zero-order chi connectivity index (χ0) is 10.7. The van der Waals surface area contributed by atoms with Crippen molar-refractivity contribution in [3.05, 3.63) is 11.6 Å². The molecule has 0 amide bonds. The average molecular weight is 209 g/mol. The minimum absolute atomic E-state index is 0.133. The van der Waals surface area contributed by atoms with Crippen LogP contribution in [0.1, 0.15) is 38.5 Å². The van der Waals surface area contributed by atoms with Crippen LogP contribution in [0.4, 0.5) is 0 Å². The van der Waals surface area contributed by atoms with Gasteiger partial charge in [-0.15, -0.1) is 0 Å². The molecule has 0 radical (unpaired) electrons. The van der Waals surface area contributed by atoms with Crippen molar-refractivity contribution in [2.24, 2.45) is 0 Å². The number of piperidine rings is 2. The lowest BCUT2D eigenvalue weighted by molar-refractivity contribution is -0.139. The van der Waals surface area contributed by atoms with Crippen LogP contribution in [0.2, 0.25) is 0 Å². The number of nitrogens with one attached hydrogen (secondary N) is 1. The summed E-state index contributed by atoms with van der Waals surface area (Å²) in [6.45, 7) is 0. The fraction of sp³-hybridized carbons (Fsp3) is 0.750. The molecule has 2 saturated heterocycles. The number of carbonyl (C=O) groups excluding carboxylic acids is 1. The van der Waals surface area contributed by atoms with Crippen LogP contribution in [0.15, 0.2) is 11.6 Å². The summed E-state index contributed by atoms with van der Waals surface area (Å²) in [6.07, 6.45) is 8.66. The van der Waals surface area contributed by atoms with Crippen molar-refractivity contribution >= 4 is 5.97 Å². The SMILES string of the molecule is COC(=O)CC=C1CC2CCCC(C1)N2. The van der Waals surface area contributed by atoms with Gasteiger partial charge in [-0.05, 0) is 25.7 Å². The third-order valence-electron chi connectivity index (χ3n) is 3.38. The van der Waals surface area contributed by atoms with E-state index in [4.69, 9.17) is 0 Å². The number of esters is 1. The Kier molecular flexibility index (Phi) is 3.41. The molecule has 2 unspecified atom stereocenters. The molecule has 0 aromatic heterocycles. The van der Waals surface area contributed by atoms with E-state index in [2.05, 4.69) is 16.1 Å². The van der Waals surface area contributed by atoms with Gasteiger partial charge in [0.05, 0.1) is 13.5 Å². The molecule has 0 aliphatic carbocycles. The van der Waals surface area contributed by atoms with E-state index in [0.29, 0.717) is 18.5 Å². The van der Waals surface area contributed by atoms with Crippen molar-refractivity contribution in [2.45, 2.75) is 50.6 Å². The number of ether oxygens (including phenoxy) is 1. The number of hydrogen-bond acceptors (Lipinski definition) is 3. The molecule has 2 atom stereocenters. The summed E-state index contributed by atoms with van der Waals surface area (Å²) in [5.74, 6) is -0.133. The van der Waals surface area contributed by atoms with Gasteiger partial charge >= 0.3 is 5.97 Å². The molecular formula is C12H19NO2. The van der Waals surface area contributed by atoms with Gasteiger partial charge in [-0.3, -0.25) is 4.79 Å². The molecule has 3 nitrogen and oxygen atoms in total. The van der Waals surface area contributed by atoms with Crippen LogP contribution < -0.4 is 5.32 Å². The summed E-state index contributed by atoms with van der Waals surface area (Å²) in [5.41, 5.74) is 1.44. The molecule has 0 aromatic rings. The van der Waals surface area contributed by atoms with E-state index in [1.165, 1.54) is 31.9 Å². The maximum absolute atomic E-state index is 11.0. The van der Waals surface area contributed by atoms with E-state index in [1.807, 2.05) is 0 Å². The average Bonchev–Trinajstić information content (AvgIpc) is 2.25. The maximum atomic E-state index is 11.0. The van der Waals surface area contributed by atoms with Crippen molar-refractivity contribution in [1.29, 1.82) is 0 Å². The monoisotopic (exact) mass is 209 g/mol. The highest BCUT2D eigenvalue weighted by atomic mass is 16.5. The largest absolute Gasteiger partial charge is 0.469 e. The highest BCUT2D eigenvalue weighted by Crippen LogP contribution is 2.29. The summed E-state index contributed by atoms with van der Waals surface area (Å²) in [5, 5.41) is 3.63. The summed E-state index contributed by atoms with van der Waals surface area (Å²) < 4.78 is 4.64. The Bertz CT molecular complexity index is 259. The van der Waals surface area contributed by atoms with Crippen molar-refractivity contribution in [2.75, 3.05) is 7.11 Å². The van der Waals surface area contributed by atoms with E-state index in [0.717, 1.165) is 12.8 Å². The quantitative estimate of drug-likeness (QED) is 0.556. The summed E-state index contributed by atoms with van der Waals surface area (Å²) >= 11 is 0. The second-order valence-corrected chi connectivity index (χ2v) is 4.54. The molecule has 84 valence electrons. The number of fused-ring (bicyclic) bond motifs is 2. The maximum Gasteiger partial charge on any atom is 0.309 e. The van der Waals surface area contributed by atoms with E-state index >= 15 is 0 Å². The summed E-state index contributed by atoms with van der Waals surface area (Å²) in [4.78, 5) is 11.0. The molecule has 2 aliphatic heterocycles. The predicted molar refractivity (Wildman–Crippen MR) is 58.5 cm³/mol. The molecular weight excluding hydrogens is 190 g/mol. The lowest BCUT2D eigenvalue weighted by Crippen LogP contribution is -2.46. The second kappa shape index (κ2) is 4.79. The highest BCUT2D eigenvalue weighted by molar-refractivity contribution is 5.71. The number of carbonyl (C=O) groups is 1. The lowest BCUT2D eigenvalue weighted by atomic mass is 9.83. The van der Waals surface area contributed by atoms with Gasteiger partial charge in [0.15, 0.2) is 0 Å². The van der Waals surface area contributed by atoms with Gasteiger partial charge in [0.1, 0.15) is 0 Å². The summed E-state index contributed by atoms with van der Waals surface area (Å²) in [6, 6.07) is 1.31. The Morgan fingerprint density at radius 2 is 2.13 bits per heavy atom. The minimum atomic E-state index is -0.133. The van der Waals surface area contributed by atoms with Gasteiger partial charge in [-0.2, -0.15) is 0 Å². The predicted octanol–water partition coefficient (Wildman–Crippen LogP) is 1.78. The van der Waals surface area contributed by atoms with Crippen molar-refractivity contribution in [3.63, 3.8) is 0 Å². The normalized spacial score (nSPS) is 29.8. The molecule has 15 heavy (non-hydrogen) atoms. The van der Waals surface area contributed by atoms with Crippen LogP contribution in [0.5, 0.6) is 0 Å². The first-order chi connectivity index (χ1) is 7.28. The van der Waals surface area contributed by atoms with E-state index in [1.54, 1.807) is 0 Å². The number of methoxy groups -OCH3 is 1. The van der Waals surface area contributed by atoms with Gasteiger partial charge in [0, 0.05) is 12.1 Å². The first-order valence-corrected chi connectivity index (χ1v) is 5.78. The fourth-order valence-corrected chi connectivity index (χ4v) is 2.63. The molecule has 2 aliphatic rings. The number of rotatable bonds is 2. The van der Waals surface area contributed by atoms with Crippen molar-refractivity contribution in [3.8, 4) is 0 Å². The third kappa shape index (κ3) is 2.81. The first kappa shape index (κ1) is 10.7. The van der Waals surface area contributed by atoms with Gasteiger partial charge in [0.2, 0.25) is 0 Å². The Morgan fingerprint density at radius 1 is 1.47 bits per heavy atom. The molecule has 0 saturated carbocycles. The molecule has 1 N–H and O–H groups in total. The second-order valence-electron chi connectivity index (χ2n) is 4.54. The Balaban J connectivity index is 1.90. The molecule has 2 rings (SSSR count). The molecule has 3 heteroatoms. The third-order valence-corrected chi connectivity index (χ3v) is 3.38. The molecule has 0 spiro atoms. The summed E-state index contributed by atoms with van der Waals surface area (Å²) in [7, 11) is 1.44. The van der Waals surface area contributed by atoms with Crippen LogP contribution >= 0.6 is 0 Å². The Labute approximate surface area is 90.9 Å². The topological polar surface area (TPSA) is 38.3 Å². The van der Waals surface area contributed by atoms with Gasteiger partial charge < -0.3 is 10.1 Å². The van der Waals surface area contributed by atoms with Crippen LogP contribution in [0.3, 0.4) is 0 Å². The Morgan fingerprint density at radius 3 is 2.73 bits per heavy atom. The molecule has 0 aromatic carbocycles. The number of hydrogen-bond donors (Lipinski definition) is 1. The van der Waals surface area contributed by atoms with Crippen LogP contribution in [-0.4, -0.2) is 25.2 Å². The zero-order valence-corrected chi connectivity index (χ0v) is 9.29. The van der Waals surface area contributed by atoms with E-state index in [-0.39, 0.29) is 5.97 Å². The highest BCUT2D eigenvalue weighted by Gasteiger charge is 2.27. The lowest BCUT2D eigenvalue weighted by Gasteiger charge is -2.37. The smallest absolute Gasteiger partial charge is 0.309 e. The van der Waals surface area contributed by atoms with Crippen LogP contribution in [0, 0.1) is 0 Å². The van der Waals surface area contributed by atoms with Crippen molar-refractivity contribution in [1.82, 2.24) is 5.32 Å². The van der Waals surface area contributed by atoms with Gasteiger partial charge in [-0.25, -0.2) is 0 Å². The van der Waals surface area contributed by atoms with Gasteiger partial charge in [0.25, 0.3) is 0 Å². The first-order valence-electron chi connectivity index (χ1n) is 5.78. The van der Waals surface area contributed by atoms with Crippen LogP contribution in [-0.2, 0) is 9.53 Å². The van der Waals surface area contributed by atoms with E-state index < -0.39 is 0 Å². The van der Waals surface area contributed by atoms with Crippen molar-refractivity contribution < 1.29 is 9.53 Å². The van der Waals surface area contributed by atoms with Gasteiger partial charge in [-0.1, -0.05) is 18.1 Å². The molecule has 2 fully saturated rings. The molecule has 2 heterocycles. The van der Waals surface area contributed by atoms with Crippen LogP contribution in [0.25, 0.3) is 0 Å².